The molecule has 0 aromatic heterocycles. The Kier molecular flexibility index (Phi) is 17.2. The van der Waals surface area contributed by atoms with Crippen molar-refractivity contribution < 1.29 is 9.53 Å². The smallest absolute Gasteiger partial charge is 0.192 e. The molecular weight excluding hydrogens is 475 g/mol. The molecule has 0 aliphatic heterocycles. The van der Waals surface area contributed by atoms with Gasteiger partial charge in [-0.1, -0.05) is 101 Å². The van der Waals surface area contributed by atoms with Crippen molar-refractivity contribution in [2.45, 2.75) is 151 Å². The lowest BCUT2D eigenvalue weighted by Crippen LogP contribution is -2.49. The number of hydrogen-bond acceptors (Lipinski definition) is 2. The van der Waals surface area contributed by atoms with E-state index >= 15 is 0 Å². The summed E-state index contributed by atoms with van der Waals surface area (Å²) in [5, 5.41) is 11.7. The van der Waals surface area contributed by atoms with Crippen LogP contribution in [0.5, 0.6) is 0 Å². The highest BCUT2D eigenvalue weighted by Gasteiger charge is 2.43. The van der Waals surface area contributed by atoms with Gasteiger partial charge in [-0.2, -0.15) is 0 Å². The van der Waals surface area contributed by atoms with Gasteiger partial charge in [-0.3, -0.25) is 0 Å². The van der Waals surface area contributed by atoms with Crippen molar-refractivity contribution in [3.63, 3.8) is 0 Å². The second-order valence-corrected chi connectivity index (χ2v) is 22.8. The Morgan fingerprint density at radius 2 is 1.33 bits per heavy atom. The van der Waals surface area contributed by atoms with Gasteiger partial charge in [0.05, 0.1) is 36.9 Å². The topological polar surface area (TPSA) is 29.5 Å². The number of aliphatic hydroxyl groups excluding tert-OH is 1. The second-order valence-electron chi connectivity index (χ2n) is 13.7. The Balaban J connectivity index is 5.78. The van der Waals surface area contributed by atoms with E-state index in [0.29, 0.717) is 5.92 Å². The molecule has 0 heterocycles. The lowest BCUT2D eigenvalue weighted by Gasteiger charge is -2.44. The van der Waals surface area contributed by atoms with Gasteiger partial charge in [-0.05, 0) is 55.8 Å². The number of rotatable bonds is 19. The Morgan fingerprint density at radius 3 is 1.69 bits per heavy atom. The summed E-state index contributed by atoms with van der Waals surface area (Å²) in [6.07, 6.45) is 17.0. The summed E-state index contributed by atoms with van der Waals surface area (Å²) in [5.41, 5.74) is 1.52. The molecule has 0 aromatic carbocycles. The van der Waals surface area contributed by atoms with Gasteiger partial charge in [-0.25, -0.2) is 0 Å². The zero-order valence-corrected chi connectivity index (χ0v) is 28.9. The zero-order valence-electron chi connectivity index (χ0n) is 27.0. The molecule has 5 atom stereocenters. The molecule has 1 N–H and O–H groups in total. The summed E-state index contributed by atoms with van der Waals surface area (Å²) in [4.78, 5) is 0. The van der Waals surface area contributed by atoms with Crippen molar-refractivity contribution in [1.29, 1.82) is 0 Å². The minimum Gasteiger partial charge on any atom is -0.413 e. The number of aliphatic hydroxyl groups is 1. The summed E-state index contributed by atoms with van der Waals surface area (Å²) in [7, 11) is -2.88. The van der Waals surface area contributed by atoms with Crippen molar-refractivity contribution in [2.75, 3.05) is 24.6 Å². The maximum atomic E-state index is 11.6. The molecule has 0 saturated carbocycles. The van der Waals surface area contributed by atoms with Gasteiger partial charge in [0.1, 0.15) is 0 Å². The van der Waals surface area contributed by atoms with E-state index in [1.165, 1.54) is 68.7 Å². The Morgan fingerprint density at radius 1 is 0.889 bits per heavy atom. The van der Waals surface area contributed by atoms with E-state index < -0.39 is 15.6 Å². The third-order valence-electron chi connectivity index (χ3n) is 9.13. The quantitative estimate of drug-likeness (QED) is 0.0997. The van der Waals surface area contributed by atoms with Gasteiger partial charge in [0.25, 0.3) is 0 Å². The van der Waals surface area contributed by atoms with Crippen LogP contribution in [0.2, 0.25) is 18.1 Å². The highest BCUT2D eigenvalue weighted by molar-refractivity contribution is 7.76. The van der Waals surface area contributed by atoms with Crippen LogP contribution in [0.1, 0.15) is 121 Å². The zero-order chi connectivity index (χ0) is 28.2. The van der Waals surface area contributed by atoms with Crippen LogP contribution in [0.25, 0.3) is 0 Å². The van der Waals surface area contributed by atoms with Gasteiger partial charge >= 0.3 is 0 Å². The molecule has 0 unspecified atom stereocenters. The Labute approximate surface area is 230 Å². The molecule has 0 radical (unpaired) electrons. The van der Waals surface area contributed by atoms with Crippen LogP contribution >= 0.6 is 7.26 Å². The van der Waals surface area contributed by atoms with Crippen LogP contribution in [0.15, 0.2) is 11.6 Å². The summed E-state index contributed by atoms with van der Waals surface area (Å²) >= 11 is 0. The van der Waals surface area contributed by atoms with Crippen molar-refractivity contribution in [3.8, 4) is 0 Å². The molecule has 0 aliphatic rings. The third kappa shape index (κ3) is 12.0. The first-order chi connectivity index (χ1) is 16.6. The molecule has 0 aliphatic carbocycles. The molecule has 0 fully saturated rings. The van der Waals surface area contributed by atoms with E-state index in [2.05, 4.69) is 95.3 Å². The average Bonchev–Trinajstić information content (AvgIpc) is 2.80. The first kappa shape index (κ1) is 36.3. The van der Waals surface area contributed by atoms with E-state index in [0.717, 1.165) is 6.42 Å². The molecule has 0 saturated heterocycles. The molecule has 216 valence electrons. The predicted octanol–water partition coefficient (Wildman–Crippen LogP) is 10.4. The van der Waals surface area contributed by atoms with E-state index in [1.54, 1.807) is 0 Å². The highest BCUT2D eigenvalue weighted by atomic mass is 31.2. The molecule has 2 nitrogen and oxygen atoms in total. The average molecular weight is 544 g/mol. The first-order valence-electron chi connectivity index (χ1n) is 15.5. The van der Waals surface area contributed by atoms with E-state index in [-0.39, 0.29) is 29.1 Å². The van der Waals surface area contributed by atoms with Crippen molar-refractivity contribution in [2.24, 2.45) is 17.8 Å². The van der Waals surface area contributed by atoms with Gasteiger partial charge in [0.2, 0.25) is 0 Å². The fraction of sp³-hybridized carbons (Fsp3) is 0.938. The van der Waals surface area contributed by atoms with Crippen molar-refractivity contribution in [1.82, 2.24) is 0 Å². The lowest BCUT2D eigenvalue weighted by atomic mass is 9.83. The standard InChI is InChI=1S/C32H68O2PSi/c1-14-18-21-35(22-19-15-2,23-20-16-3)25-26(5)24-28(7)30(33)29(8)31(27(6)17-4)34-36(12,13)32(9,10)11/h24,27-31,33H,14-23,25H2,1-13H3/q+1/b26-24-/t27-,28+,29+,30-,31+/m0/s1. The van der Waals surface area contributed by atoms with Crippen molar-refractivity contribution in [3.05, 3.63) is 11.6 Å². The van der Waals surface area contributed by atoms with E-state index in [4.69, 9.17) is 4.43 Å². The summed E-state index contributed by atoms with van der Waals surface area (Å²) < 4.78 is 6.97. The molecule has 0 rings (SSSR count). The fourth-order valence-electron chi connectivity index (χ4n) is 5.35. The summed E-state index contributed by atoms with van der Waals surface area (Å²) in [6, 6.07) is 0. The molecule has 0 aromatic rings. The minimum atomic E-state index is -1.91. The lowest BCUT2D eigenvalue weighted by molar-refractivity contribution is -0.0142. The fourth-order valence-corrected chi connectivity index (χ4v) is 12.1. The normalized spacial score (nSPS) is 18.1. The predicted molar refractivity (Wildman–Crippen MR) is 171 cm³/mol. The Hall–Kier alpha value is 0.307. The van der Waals surface area contributed by atoms with Crippen molar-refractivity contribution >= 4 is 15.6 Å². The van der Waals surface area contributed by atoms with E-state index in [1.807, 2.05) is 0 Å². The second kappa shape index (κ2) is 17.1. The number of unbranched alkanes of at least 4 members (excludes halogenated alkanes) is 3. The largest absolute Gasteiger partial charge is 0.413 e. The summed E-state index contributed by atoms with van der Waals surface area (Å²) in [5.74, 6) is 0.713. The highest BCUT2D eigenvalue weighted by Crippen LogP contribution is 2.61. The van der Waals surface area contributed by atoms with Gasteiger partial charge < -0.3 is 9.53 Å². The van der Waals surface area contributed by atoms with E-state index in [9.17, 15) is 5.11 Å². The van der Waals surface area contributed by atoms with Crippen LogP contribution in [0.4, 0.5) is 0 Å². The van der Waals surface area contributed by atoms with Crippen LogP contribution in [0.3, 0.4) is 0 Å². The molecule has 36 heavy (non-hydrogen) atoms. The maximum absolute atomic E-state index is 11.6. The van der Waals surface area contributed by atoms with Gasteiger partial charge in [0.15, 0.2) is 8.32 Å². The summed E-state index contributed by atoms with van der Waals surface area (Å²) in [6.45, 7) is 30.0. The van der Waals surface area contributed by atoms with Crippen LogP contribution in [0, 0.1) is 17.8 Å². The Bertz CT molecular complexity index is 588. The molecular formula is C32H68O2PSi+. The molecule has 4 heteroatoms. The number of hydrogen-bond donors (Lipinski definition) is 1. The van der Waals surface area contributed by atoms with Gasteiger partial charge in [0, 0.05) is 19.1 Å². The molecule has 0 amide bonds. The third-order valence-corrected chi connectivity index (χ3v) is 18.6. The van der Waals surface area contributed by atoms with Crippen LogP contribution < -0.4 is 0 Å². The SMILES string of the molecule is CCCC[P+](CCCC)(CCCC)C/C(C)=C\[C@@H](C)[C@H](O)[C@@H](C)[C@H](O[Si](C)(C)C(C)(C)C)[C@@H](C)CC. The van der Waals surface area contributed by atoms with Crippen LogP contribution in [-0.4, -0.2) is 50.3 Å². The molecule has 0 bridgehead atoms. The maximum Gasteiger partial charge on any atom is 0.192 e. The number of allylic oxidation sites excluding steroid dienone is 1. The van der Waals surface area contributed by atoms with Crippen LogP contribution in [-0.2, 0) is 4.43 Å². The first-order valence-corrected chi connectivity index (χ1v) is 20.9. The van der Waals surface area contributed by atoms with Gasteiger partial charge in [-0.15, -0.1) is 0 Å². The monoisotopic (exact) mass is 543 g/mol. The molecule has 0 spiro atoms. The minimum absolute atomic E-state index is 0.104.